The number of rotatable bonds is 1. The second-order valence-corrected chi connectivity index (χ2v) is 1.92. The van der Waals surface area contributed by atoms with Gasteiger partial charge in [-0.1, -0.05) is 0 Å². The van der Waals surface area contributed by atoms with Gasteiger partial charge < -0.3 is 8.17 Å². The summed E-state index contributed by atoms with van der Waals surface area (Å²) in [7, 11) is 0. The Hall–Kier alpha value is -0.790. The van der Waals surface area contributed by atoms with Crippen LogP contribution in [-0.2, 0) is 12.7 Å². The zero-order valence-electron chi connectivity index (χ0n) is 4.50. The van der Waals surface area contributed by atoms with Crippen molar-refractivity contribution in [1.29, 1.82) is 0 Å². The normalized spacial score (nSPS) is 17.7. The van der Waals surface area contributed by atoms with Crippen LogP contribution in [0.25, 0.3) is 0 Å². The van der Waals surface area contributed by atoms with E-state index in [0.717, 1.165) is 0 Å². The second kappa shape index (κ2) is 2.45. The van der Waals surface area contributed by atoms with Crippen LogP contribution in [0.5, 0.6) is 0 Å². The predicted molar refractivity (Wildman–Crippen MR) is 36.9 cm³/mol. The molecule has 1 aliphatic heterocycles. The van der Waals surface area contributed by atoms with Crippen molar-refractivity contribution in [2.45, 2.75) is 0 Å². The minimum absolute atomic E-state index is 0.398. The fraction of sp³-hybridized carbons (Fsp3) is 0. The zero-order chi connectivity index (χ0) is 7.72. The standard InChI is InChI=1S/C4HINO4/c5-10-2-1(7)3(8)6-4(2)9/h7H. The van der Waals surface area contributed by atoms with Crippen LogP contribution in [-0.4, -0.2) is 16.9 Å². The molecule has 0 atom stereocenters. The van der Waals surface area contributed by atoms with E-state index in [-0.39, 0.29) is 0 Å². The fourth-order valence-electron chi connectivity index (χ4n) is 0.464. The topological polar surface area (TPSA) is 77.7 Å². The van der Waals surface area contributed by atoms with Crippen LogP contribution in [0.15, 0.2) is 11.5 Å². The van der Waals surface area contributed by atoms with Gasteiger partial charge in [-0.2, -0.15) is 5.32 Å². The number of carbonyl (C=O) groups is 2. The molecule has 0 aromatic rings. The first-order valence-corrected chi connectivity index (χ1v) is 3.07. The molecule has 0 aromatic heterocycles. The molecule has 2 amide bonds. The Labute approximate surface area is 69.7 Å². The van der Waals surface area contributed by atoms with Crippen LogP contribution in [0.3, 0.4) is 0 Å². The van der Waals surface area contributed by atoms with Crippen molar-refractivity contribution < 1.29 is 17.8 Å². The lowest BCUT2D eigenvalue weighted by Gasteiger charge is -1.89. The summed E-state index contributed by atoms with van der Waals surface area (Å²) in [6.07, 6.45) is 0. The number of aliphatic hydroxyl groups is 1. The summed E-state index contributed by atoms with van der Waals surface area (Å²) in [5.41, 5.74) is 0. The Morgan fingerprint density at radius 3 is 2.20 bits per heavy atom. The Bertz CT molecular complexity index is 233. The van der Waals surface area contributed by atoms with Crippen molar-refractivity contribution in [2.75, 3.05) is 0 Å². The lowest BCUT2D eigenvalue weighted by Crippen LogP contribution is -2.14. The molecule has 1 rings (SSSR count). The highest BCUT2D eigenvalue weighted by molar-refractivity contribution is 14.1. The number of halogens is 1. The molecular formula is C4HINO4. The van der Waals surface area contributed by atoms with Crippen LogP contribution in [0, 0.1) is 0 Å². The van der Waals surface area contributed by atoms with Crippen molar-refractivity contribution in [3.8, 4) is 0 Å². The highest BCUT2D eigenvalue weighted by atomic mass is 127. The molecule has 0 aromatic carbocycles. The van der Waals surface area contributed by atoms with Gasteiger partial charge in [0.25, 0.3) is 0 Å². The van der Waals surface area contributed by atoms with E-state index in [1.165, 1.54) is 23.0 Å². The molecule has 0 saturated heterocycles. The fourth-order valence-corrected chi connectivity index (χ4v) is 0.861. The number of aliphatic hydroxyl groups excluding tert-OH is 1. The van der Waals surface area contributed by atoms with E-state index in [1.807, 2.05) is 0 Å². The number of nitrogens with zero attached hydrogens (tertiary/aromatic N) is 1. The van der Waals surface area contributed by atoms with Gasteiger partial charge in [-0.05, 0) is 0 Å². The summed E-state index contributed by atoms with van der Waals surface area (Å²) < 4.78 is 4.34. The Morgan fingerprint density at radius 2 is 2.00 bits per heavy atom. The molecule has 0 saturated carbocycles. The maximum atomic E-state index is 10.5. The third kappa shape index (κ3) is 0.939. The first-order valence-electron chi connectivity index (χ1n) is 2.19. The molecule has 1 heterocycles. The zero-order valence-corrected chi connectivity index (χ0v) is 6.65. The summed E-state index contributed by atoms with van der Waals surface area (Å²) in [6.45, 7) is 0. The Morgan fingerprint density at radius 1 is 1.40 bits per heavy atom. The molecule has 0 fully saturated rings. The van der Waals surface area contributed by atoms with Crippen LogP contribution in [0.1, 0.15) is 0 Å². The lowest BCUT2D eigenvalue weighted by molar-refractivity contribution is -0.126. The van der Waals surface area contributed by atoms with E-state index in [9.17, 15) is 9.59 Å². The van der Waals surface area contributed by atoms with E-state index < -0.39 is 23.3 Å². The van der Waals surface area contributed by atoms with Crippen LogP contribution in [0.4, 0.5) is 0 Å². The van der Waals surface area contributed by atoms with Gasteiger partial charge in [-0.15, -0.1) is 0 Å². The molecule has 10 heavy (non-hydrogen) atoms. The molecule has 0 spiro atoms. The number of imide groups is 1. The van der Waals surface area contributed by atoms with E-state index in [2.05, 4.69) is 8.38 Å². The third-order valence-electron chi connectivity index (χ3n) is 0.892. The van der Waals surface area contributed by atoms with E-state index in [1.54, 1.807) is 0 Å². The van der Waals surface area contributed by atoms with Gasteiger partial charge in [-0.3, -0.25) is 9.59 Å². The Kier molecular flexibility index (Phi) is 1.79. The minimum Gasteiger partial charge on any atom is -0.500 e. The average Bonchev–Trinajstić information content (AvgIpc) is 2.09. The smallest absolute Gasteiger partial charge is 0.320 e. The van der Waals surface area contributed by atoms with Gasteiger partial charge in [0.1, 0.15) is 0 Å². The predicted octanol–water partition coefficient (Wildman–Crippen LogP) is -0.206. The van der Waals surface area contributed by atoms with E-state index in [0.29, 0.717) is 0 Å². The van der Waals surface area contributed by atoms with Crippen molar-refractivity contribution >= 4 is 34.8 Å². The molecule has 5 nitrogen and oxygen atoms in total. The highest BCUT2D eigenvalue weighted by Crippen LogP contribution is 2.14. The number of carbonyl (C=O) groups excluding carboxylic acids is 2. The largest absolute Gasteiger partial charge is 0.500 e. The molecule has 0 unspecified atom stereocenters. The number of hydrogen-bond donors (Lipinski definition) is 1. The summed E-state index contributed by atoms with van der Waals surface area (Å²) in [5.74, 6) is -2.90. The van der Waals surface area contributed by atoms with Crippen LogP contribution in [0.2, 0.25) is 0 Å². The van der Waals surface area contributed by atoms with Crippen molar-refractivity contribution in [1.82, 2.24) is 5.32 Å². The first-order chi connectivity index (χ1) is 4.66. The van der Waals surface area contributed by atoms with Crippen molar-refractivity contribution in [2.24, 2.45) is 0 Å². The summed E-state index contributed by atoms with van der Waals surface area (Å²) in [4.78, 5) is 20.9. The van der Waals surface area contributed by atoms with Gasteiger partial charge in [0.15, 0.2) is 23.0 Å². The maximum absolute atomic E-state index is 10.5. The molecule has 53 valence electrons. The SMILES string of the molecule is O=C1[N]C(=O)C(OI)=C1O. The van der Waals surface area contributed by atoms with E-state index >= 15 is 0 Å². The maximum Gasteiger partial charge on any atom is 0.320 e. The summed E-state index contributed by atoms with van der Waals surface area (Å²) >= 11 is 1.38. The third-order valence-corrected chi connectivity index (χ3v) is 1.33. The molecule has 0 bridgehead atoms. The lowest BCUT2D eigenvalue weighted by atomic mass is 10.4. The highest BCUT2D eigenvalue weighted by Gasteiger charge is 2.33. The van der Waals surface area contributed by atoms with Crippen molar-refractivity contribution in [3.05, 3.63) is 11.5 Å². The first kappa shape index (κ1) is 7.32. The second-order valence-electron chi connectivity index (χ2n) is 1.48. The number of hydrogen-bond acceptors (Lipinski definition) is 4. The average molecular weight is 254 g/mol. The molecule has 0 aliphatic carbocycles. The quantitative estimate of drug-likeness (QED) is 0.519. The molecule has 1 aliphatic rings. The van der Waals surface area contributed by atoms with Crippen molar-refractivity contribution in [3.63, 3.8) is 0 Å². The van der Waals surface area contributed by atoms with Crippen LogP contribution < -0.4 is 5.32 Å². The molecular weight excluding hydrogens is 253 g/mol. The van der Waals surface area contributed by atoms with Gasteiger partial charge >= 0.3 is 11.8 Å². The van der Waals surface area contributed by atoms with Gasteiger partial charge in [0.05, 0.1) is 0 Å². The monoisotopic (exact) mass is 254 g/mol. The molecule has 1 radical (unpaired) electrons. The Balaban J connectivity index is 3.01. The van der Waals surface area contributed by atoms with Gasteiger partial charge in [0.2, 0.25) is 11.5 Å². The molecule has 1 N–H and O–H groups in total. The van der Waals surface area contributed by atoms with Gasteiger partial charge in [0, 0.05) is 0 Å². The van der Waals surface area contributed by atoms with Gasteiger partial charge in [-0.25, -0.2) is 0 Å². The minimum atomic E-state index is -0.948. The molecule has 6 heteroatoms. The number of amides is 2. The summed E-state index contributed by atoms with van der Waals surface area (Å²) in [5, 5.41) is 11.6. The van der Waals surface area contributed by atoms with E-state index in [4.69, 9.17) is 5.11 Å². The summed E-state index contributed by atoms with van der Waals surface area (Å²) in [6, 6.07) is 0. The van der Waals surface area contributed by atoms with Crippen LogP contribution >= 0.6 is 23.0 Å².